The molecular formula is C16H25BN2O2. The number of likely N-dealkylation sites (N-methyl/N-ethyl adjacent to an activating group) is 1. The summed E-state index contributed by atoms with van der Waals surface area (Å²) in [6.07, 6.45) is 6.37. The molecule has 0 aromatic carbocycles. The number of hydrogen-bond donors (Lipinski definition) is 1. The van der Waals surface area contributed by atoms with Crippen molar-refractivity contribution < 1.29 is 9.31 Å². The molecule has 2 aliphatic heterocycles. The molecule has 2 heterocycles. The van der Waals surface area contributed by atoms with Crippen molar-refractivity contribution in [2.75, 3.05) is 7.05 Å². The highest BCUT2D eigenvalue weighted by molar-refractivity contribution is 6.49. The topological polar surface area (TPSA) is 47.7 Å². The molecule has 2 N–H and O–H groups in total. The second kappa shape index (κ2) is 4.40. The van der Waals surface area contributed by atoms with Crippen molar-refractivity contribution in [3.05, 3.63) is 35.2 Å². The van der Waals surface area contributed by atoms with Crippen LogP contribution in [0.25, 0.3) is 0 Å². The molecule has 1 saturated heterocycles. The van der Waals surface area contributed by atoms with E-state index in [1.807, 2.05) is 13.1 Å². The molecule has 5 heteroatoms. The molecule has 3 rings (SSSR count). The monoisotopic (exact) mass is 288 g/mol. The second-order valence-electron chi connectivity index (χ2n) is 7.28. The minimum absolute atomic E-state index is 0.155. The summed E-state index contributed by atoms with van der Waals surface area (Å²) in [5.74, 6) is 0.961. The van der Waals surface area contributed by atoms with E-state index in [2.05, 4.69) is 51.7 Å². The lowest BCUT2D eigenvalue weighted by molar-refractivity contribution is 0.00578. The summed E-state index contributed by atoms with van der Waals surface area (Å²) in [6, 6.07) is 0.254. The predicted molar refractivity (Wildman–Crippen MR) is 85.5 cm³/mol. The summed E-state index contributed by atoms with van der Waals surface area (Å²) in [7, 11) is 1.79. The van der Waals surface area contributed by atoms with E-state index >= 15 is 0 Å². The van der Waals surface area contributed by atoms with E-state index in [1.165, 1.54) is 11.1 Å². The fourth-order valence-electron chi connectivity index (χ4n) is 3.22. The number of allylic oxidation sites excluding steroid dienone is 4. The lowest BCUT2D eigenvalue weighted by Gasteiger charge is -2.35. The fraction of sp³-hybridized carbons (Fsp3) is 0.625. The first-order valence-corrected chi connectivity index (χ1v) is 7.62. The smallest absolute Gasteiger partial charge is 0.403 e. The zero-order chi connectivity index (χ0) is 15.6. The van der Waals surface area contributed by atoms with E-state index in [0.29, 0.717) is 0 Å². The van der Waals surface area contributed by atoms with Gasteiger partial charge in [-0.05, 0) is 51.8 Å². The van der Waals surface area contributed by atoms with Crippen LogP contribution in [-0.2, 0) is 9.31 Å². The van der Waals surface area contributed by atoms with Gasteiger partial charge in [0.05, 0.1) is 17.0 Å². The van der Waals surface area contributed by atoms with Crippen molar-refractivity contribution >= 4 is 7.12 Å². The maximum Gasteiger partial charge on any atom is 0.469 e. The standard InChI is InChI=1S/C16H25BN2O2/c1-10-14-11(9-13(18)19(10)6)7-8-12(14)17-20-15(2,3)16(4,5)21-17/h7-10,12H,18H2,1-6H3/t10-,12?/m0/s1. The van der Waals surface area contributed by atoms with Crippen LogP contribution in [0.4, 0.5) is 0 Å². The normalized spacial score (nSPS) is 33.5. The van der Waals surface area contributed by atoms with Crippen LogP contribution in [0.5, 0.6) is 0 Å². The Morgan fingerprint density at radius 3 is 2.33 bits per heavy atom. The highest BCUT2D eigenvalue weighted by Crippen LogP contribution is 2.47. The molecule has 0 amide bonds. The SMILES string of the molecule is C[C@H]1C2=C(C=CC2B2OC(C)(C)C(C)(C)O2)C=C(N)N1C. The molecule has 4 nitrogen and oxygen atoms in total. The highest BCUT2D eigenvalue weighted by atomic mass is 16.7. The Morgan fingerprint density at radius 2 is 1.76 bits per heavy atom. The van der Waals surface area contributed by atoms with Crippen LogP contribution in [0.15, 0.2) is 35.2 Å². The largest absolute Gasteiger partial charge is 0.469 e. The van der Waals surface area contributed by atoms with Crippen LogP contribution in [-0.4, -0.2) is 36.3 Å². The summed E-state index contributed by atoms with van der Waals surface area (Å²) in [6.45, 7) is 10.6. The van der Waals surface area contributed by atoms with Crippen LogP contribution in [0.3, 0.4) is 0 Å². The molecule has 1 aliphatic carbocycles. The molecule has 1 fully saturated rings. The lowest BCUT2D eigenvalue weighted by Crippen LogP contribution is -2.41. The Hall–Kier alpha value is -1.20. The summed E-state index contributed by atoms with van der Waals surface area (Å²) in [4.78, 5) is 2.10. The number of nitrogens with two attached hydrogens (primary N) is 1. The first kappa shape index (κ1) is 14.7. The molecule has 0 aromatic heterocycles. The number of hydrogen-bond acceptors (Lipinski definition) is 4. The van der Waals surface area contributed by atoms with Crippen molar-refractivity contribution in [2.45, 2.75) is 57.7 Å². The first-order valence-electron chi connectivity index (χ1n) is 7.62. The van der Waals surface area contributed by atoms with E-state index in [0.717, 1.165) is 5.82 Å². The minimum Gasteiger partial charge on any atom is -0.403 e. The van der Waals surface area contributed by atoms with Gasteiger partial charge in [-0.3, -0.25) is 0 Å². The zero-order valence-electron chi connectivity index (χ0n) is 13.8. The molecular weight excluding hydrogens is 263 g/mol. The zero-order valence-corrected chi connectivity index (χ0v) is 13.8. The molecule has 3 aliphatic rings. The van der Waals surface area contributed by atoms with Crippen molar-refractivity contribution in [3.63, 3.8) is 0 Å². The van der Waals surface area contributed by atoms with Gasteiger partial charge in [0.15, 0.2) is 0 Å². The van der Waals surface area contributed by atoms with Gasteiger partial charge in [0.2, 0.25) is 0 Å². The molecule has 0 spiro atoms. The summed E-state index contributed by atoms with van der Waals surface area (Å²) in [5, 5.41) is 0. The van der Waals surface area contributed by atoms with Gasteiger partial charge in [-0.15, -0.1) is 0 Å². The Morgan fingerprint density at radius 1 is 1.19 bits per heavy atom. The van der Waals surface area contributed by atoms with Gasteiger partial charge in [-0.25, -0.2) is 0 Å². The van der Waals surface area contributed by atoms with Crippen molar-refractivity contribution in [1.29, 1.82) is 0 Å². The summed E-state index contributed by atoms with van der Waals surface area (Å²) < 4.78 is 12.5. The third kappa shape index (κ3) is 2.06. The maximum absolute atomic E-state index is 6.23. The van der Waals surface area contributed by atoms with Gasteiger partial charge >= 0.3 is 7.12 Å². The molecule has 0 radical (unpaired) electrons. The number of nitrogens with zero attached hydrogens (tertiary/aromatic N) is 1. The molecule has 1 unspecified atom stereocenters. The molecule has 0 saturated carbocycles. The van der Waals surface area contributed by atoms with Gasteiger partial charge in [-0.1, -0.05) is 12.2 Å². The van der Waals surface area contributed by atoms with E-state index in [1.54, 1.807) is 0 Å². The molecule has 2 atom stereocenters. The van der Waals surface area contributed by atoms with E-state index in [4.69, 9.17) is 15.0 Å². The van der Waals surface area contributed by atoms with Gasteiger partial charge in [0.1, 0.15) is 0 Å². The van der Waals surface area contributed by atoms with Crippen molar-refractivity contribution in [3.8, 4) is 0 Å². The molecule has 21 heavy (non-hydrogen) atoms. The molecule has 0 aromatic rings. The van der Waals surface area contributed by atoms with Gasteiger partial charge in [0.25, 0.3) is 0 Å². The average Bonchev–Trinajstić information content (AvgIpc) is 2.86. The third-order valence-electron chi connectivity index (χ3n) is 5.48. The van der Waals surface area contributed by atoms with E-state index in [-0.39, 0.29) is 30.2 Å². The first-order chi connectivity index (χ1) is 9.64. The van der Waals surface area contributed by atoms with Crippen LogP contribution in [0, 0.1) is 0 Å². The summed E-state index contributed by atoms with van der Waals surface area (Å²) >= 11 is 0. The minimum atomic E-state index is -0.298. The number of rotatable bonds is 1. The Labute approximate surface area is 127 Å². The lowest BCUT2D eigenvalue weighted by atomic mass is 9.66. The maximum atomic E-state index is 6.23. The van der Waals surface area contributed by atoms with Crippen LogP contribution in [0.1, 0.15) is 34.6 Å². The van der Waals surface area contributed by atoms with Crippen molar-refractivity contribution in [1.82, 2.24) is 4.90 Å². The Kier molecular flexibility index (Phi) is 3.09. The molecule has 0 bridgehead atoms. The quantitative estimate of drug-likeness (QED) is 0.753. The van der Waals surface area contributed by atoms with E-state index < -0.39 is 0 Å². The average molecular weight is 288 g/mol. The Bertz CT molecular complexity index is 547. The van der Waals surface area contributed by atoms with Gasteiger partial charge < -0.3 is 19.9 Å². The van der Waals surface area contributed by atoms with Gasteiger partial charge in [-0.2, -0.15) is 0 Å². The fourth-order valence-corrected chi connectivity index (χ4v) is 3.22. The Balaban J connectivity index is 1.91. The van der Waals surface area contributed by atoms with E-state index in [9.17, 15) is 0 Å². The summed E-state index contributed by atoms with van der Waals surface area (Å²) in [5.41, 5.74) is 8.01. The third-order valence-corrected chi connectivity index (χ3v) is 5.48. The van der Waals surface area contributed by atoms with Crippen LogP contribution in [0.2, 0.25) is 5.82 Å². The molecule has 114 valence electrons. The van der Waals surface area contributed by atoms with Crippen LogP contribution >= 0.6 is 0 Å². The predicted octanol–water partition coefficient (Wildman–Crippen LogP) is 2.45. The van der Waals surface area contributed by atoms with Crippen molar-refractivity contribution in [2.24, 2.45) is 5.73 Å². The second-order valence-corrected chi connectivity index (χ2v) is 7.28. The highest BCUT2D eigenvalue weighted by Gasteiger charge is 2.55. The van der Waals surface area contributed by atoms with Gasteiger partial charge in [0, 0.05) is 18.9 Å². The van der Waals surface area contributed by atoms with Crippen LogP contribution < -0.4 is 5.73 Å².